The highest BCUT2D eigenvalue weighted by Crippen LogP contribution is 2.06. The van der Waals surface area contributed by atoms with Crippen molar-refractivity contribution in [1.29, 1.82) is 0 Å². The van der Waals surface area contributed by atoms with Crippen LogP contribution in [0.25, 0.3) is 0 Å². The summed E-state index contributed by atoms with van der Waals surface area (Å²) in [5.74, 6) is 0. The van der Waals surface area contributed by atoms with Gasteiger partial charge in [-0.3, -0.25) is 0 Å². The van der Waals surface area contributed by atoms with E-state index in [4.69, 9.17) is 15.2 Å². The predicted molar refractivity (Wildman–Crippen MR) is 34.0 cm³/mol. The Morgan fingerprint density at radius 2 is 2.00 bits per heavy atom. The van der Waals surface area contributed by atoms with Crippen LogP contribution in [0.4, 0.5) is 0 Å². The fourth-order valence-electron chi connectivity index (χ4n) is 0.794. The normalized spacial score (nSPS) is 36.7. The maximum Gasteiger partial charge on any atom is 0.157 e. The van der Waals surface area contributed by atoms with Gasteiger partial charge in [0, 0.05) is 0 Å². The quantitative estimate of drug-likeness (QED) is 0.548. The average Bonchev–Trinajstić information content (AvgIpc) is 1.90. The lowest BCUT2D eigenvalue weighted by molar-refractivity contribution is -0.185. The third-order valence-corrected chi connectivity index (χ3v) is 1.33. The molecule has 2 N–H and O–H groups in total. The van der Waals surface area contributed by atoms with Gasteiger partial charge in [0.25, 0.3) is 0 Å². The van der Waals surface area contributed by atoms with Crippen LogP contribution in [0, 0.1) is 0 Å². The van der Waals surface area contributed by atoms with E-state index in [1.54, 1.807) is 0 Å². The molecule has 0 aromatic heterocycles. The van der Waals surface area contributed by atoms with Crippen molar-refractivity contribution >= 4 is 0 Å². The molecule has 0 amide bonds. The second-order valence-corrected chi connectivity index (χ2v) is 2.26. The van der Waals surface area contributed by atoms with Gasteiger partial charge in [-0.1, -0.05) is 6.92 Å². The Bertz CT molecular complexity index is 79.1. The summed E-state index contributed by atoms with van der Waals surface area (Å²) in [6, 6.07) is 0.0767. The van der Waals surface area contributed by atoms with E-state index in [9.17, 15) is 0 Å². The zero-order valence-electron chi connectivity index (χ0n) is 5.67. The van der Waals surface area contributed by atoms with E-state index >= 15 is 0 Å². The molecule has 1 fully saturated rings. The standard InChI is InChI=1S/C6H13NO2/c1-2-6-8-3-5(7)4-9-6/h5-6H,2-4,7H2,1H3. The molecule has 1 aliphatic rings. The van der Waals surface area contributed by atoms with E-state index in [0.29, 0.717) is 13.2 Å². The highest BCUT2D eigenvalue weighted by atomic mass is 16.7. The molecule has 3 nitrogen and oxygen atoms in total. The molecule has 1 aliphatic heterocycles. The van der Waals surface area contributed by atoms with Crippen LogP contribution >= 0.6 is 0 Å². The molecule has 0 aliphatic carbocycles. The number of ether oxygens (including phenoxy) is 2. The molecule has 0 radical (unpaired) electrons. The summed E-state index contributed by atoms with van der Waals surface area (Å²) in [5, 5.41) is 0. The first-order chi connectivity index (χ1) is 4.33. The Morgan fingerprint density at radius 1 is 1.44 bits per heavy atom. The number of hydrogen-bond donors (Lipinski definition) is 1. The van der Waals surface area contributed by atoms with Crippen LogP contribution in [0.2, 0.25) is 0 Å². The van der Waals surface area contributed by atoms with E-state index < -0.39 is 0 Å². The largest absolute Gasteiger partial charge is 0.351 e. The molecule has 0 atom stereocenters. The van der Waals surface area contributed by atoms with E-state index in [1.807, 2.05) is 6.92 Å². The minimum Gasteiger partial charge on any atom is -0.351 e. The first kappa shape index (κ1) is 6.99. The lowest BCUT2D eigenvalue weighted by atomic mass is 10.3. The smallest absolute Gasteiger partial charge is 0.157 e. The second kappa shape index (κ2) is 3.15. The first-order valence-electron chi connectivity index (χ1n) is 3.31. The third kappa shape index (κ3) is 1.93. The van der Waals surface area contributed by atoms with Crippen LogP contribution in [0.1, 0.15) is 13.3 Å². The summed E-state index contributed by atoms with van der Waals surface area (Å²) in [7, 11) is 0. The van der Waals surface area contributed by atoms with Gasteiger partial charge in [-0.25, -0.2) is 0 Å². The van der Waals surface area contributed by atoms with E-state index in [0.717, 1.165) is 6.42 Å². The lowest BCUT2D eigenvalue weighted by Crippen LogP contribution is -2.40. The van der Waals surface area contributed by atoms with Crippen LogP contribution < -0.4 is 5.73 Å². The molecule has 1 heterocycles. The van der Waals surface area contributed by atoms with Crippen LogP contribution in [0.15, 0.2) is 0 Å². The highest BCUT2D eigenvalue weighted by Gasteiger charge is 2.16. The zero-order chi connectivity index (χ0) is 6.69. The van der Waals surface area contributed by atoms with Crippen molar-refractivity contribution in [2.24, 2.45) is 5.73 Å². The van der Waals surface area contributed by atoms with Crippen LogP contribution in [-0.4, -0.2) is 25.5 Å². The van der Waals surface area contributed by atoms with Gasteiger partial charge in [0.2, 0.25) is 0 Å². The predicted octanol–water partition coefficient (Wildman–Crippen LogP) is 0.0966. The van der Waals surface area contributed by atoms with Gasteiger partial charge in [0.05, 0.1) is 19.3 Å². The molecule has 1 rings (SSSR count). The molecule has 1 saturated heterocycles. The second-order valence-electron chi connectivity index (χ2n) is 2.26. The topological polar surface area (TPSA) is 44.5 Å². The summed E-state index contributed by atoms with van der Waals surface area (Å²) >= 11 is 0. The summed E-state index contributed by atoms with van der Waals surface area (Å²) < 4.78 is 10.4. The van der Waals surface area contributed by atoms with Crippen molar-refractivity contribution in [3.05, 3.63) is 0 Å². The molecule has 3 heteroatoms. The number of nitrogens with two attached hydrogens (primary N) is 1. The summed E-state index contributed by atoms with van der Waals surface area (Å²) in [6.07, 6.45) is 0.900. The zero-order valence-corrected chi connectivity index (χ0v) is 5.67. The van der Waals surface area contributed by atoms with Crippen molar-refractivity contribution < 1.29 is 9.47 Å². The van der Waals surface area contributed by atoms with Gasteiger partial charge in [0.15, 0.2) is 6.29 Å². The van der Waals surface area contributed by atoms with Gasteiger partial charge in [-0.15, -0.1) is 0 Å². The minimum absolute atomic E-state index is 0.00944. The molecule has 0 bridgehead atoms. The van der Waals surface area contributed by atoms with Gasteiger partial charge in [-0.2, -0.15) is 0 Å². The summed E-state index contributed by atoms with van der Waals surface area (Å²) in [4.78, 5) is 0. The monoisotopic (exact) mass is 131 g/mol. The van der Waals surface area contributed by atoms with Crippen molar-refractivity contribution in [3.63, 3.8) is 0 Å². The Morgan fingerprint density at radius 3 is 2.44 bits per heavy atom. The molecular weight excluding hydrogens is 118 g/mol. The third-order valence-electron chi connectivity index (χ3n) is 1.33. The van der Waals surface area contributed by atoms with Crippen molar-refractivity contribution in [1.82, 2.24) is 0 Å². The molecule has 0 aromatic carbocycles. The maximum absolute atomic E-state index is 5.50. The minimum atomic E-state index is -0.00944. The molecule has 0 unspecified atom stereocenters. The average molecular weight is 131 g/mol. The fourth-order valence-corrected chi connectivity index (χ4v) is 0.794. The maximum atomic E-state index is 5.50. The first-order valence-corrected chi connectivity index (χ1v) is 3.31. The molecule has 54 valence electrons. The van der Waals surface area contributed by atoms with Crippen LogP contribution in [0.5, 0.6) is 0 Å². The Hall–Kier alpha value is -0.120. The number of rotatable bonds is 1. The van der Waals surface area contributed by atoms with Crippen LogP contribution in [0.3, 0.4) is 0 Å². The Balaban J connectivity index is 2.18. The Labute approximate surface area is 55.1 Å². The summed E-state index contributed by atoms with van der Waals surface area (Å²) in [5.41, 5.74) is 5.50. The SMILES string of the molecule is CCC1OCC(N)CO1. The van der Waals surface area contributed by atoms with Gasteiger partial charge in [-0.05, 0) is 6.42 Å². The van der Waals surface area contributed by atoms with Crippen molar-refractivity contribution in [2.45, 2.75) is 25.7 Å². The molecular formula is C6H13NO2. The van der Waals surface area contributed by atoms with Gasteiger partial charge in [0.1, 0.15) is 0 Å². The lowest BCUT2D eigenvalue weighted by Gasteiger charge is -2.26. The van der Waals surface area contributed by atoms with E-state index in [2.05, 4.69) is 0 Å². The highest BCUT2D eigenvalue weighted by molar-refractivity contribution is 4.63. The van der Waals surface area contributed by atoms with Crippen LogP contribution in [-0.2, 0) is 9.47 Å². The molecule has 0 aromatic rings. The number of hydrogen-bond acceptors (Lipinski definition) is 3. The molecule has 9 heavy (non-hydrogen) atoms. The van der Waals surface area contributed by atoms with Crippen molar-refractivity contribution in [2.75, 3.05) is 13.2 Å². The fraction of sp³-hybridized carbons (Fsp3) is 1.00. The van der Waals surface area contributed by atoms with Gasteiger partial charge >= 0.3 is 0 Å². The van der Waals surface area contributed by atoms with Gasteiger partial charge < -0.3 is 15.2 Å². The molecule has 0 saturated carbocycles. The summed E-state index contributed by atoms with van der Waals surface area (Å²) in [6.45, 7) is 3.30. The van der Waals surface area contributed by atoms with E-state index in [-0.39, 0.29) is 12.3 Å². The van der Waals surface area contributed by atoms with E-state index in [1.165, 1.54) is 0 Å². The van der Waals surface area contributed by atoms with Crippen molar-refractivity contribution in [3.8, 4) is 0 Å². The molecule has 0 spiro atoms. The Kier molecular flexibility index (Phi) is 2.45.